The largest absolute Gasteiger partial charge is 0.487 e. The molecule has 2 aliphatic rings. The first-order valence-corrected chi connectivity index (χ1v) is 13.7. The van der Waals surface area contributed by atoms with Crippen LogP contribution >= 0.6 is 0 Å². The van der Waals surface area contributed by atoms with Crippen LogP contribution in [0.25, 0.3) is 11.3 Å². The summed E-state index contributed by atoms with van der Waals surface area (Å²) < 4.78 is 12.3. The minimum atomic E-state index is 0.103. The number of aromatic nitrogens is 1. The van der Waals surface area contributed by atoms with Crippen LogP contribution in [0.5, 0.6) is 5.75 Å². The number of rotatable bonds is 8. The molecule has 3 aromatic rings. The van der Waals surface area contributed by atoms with Gasteiger partial charge in [-0.3, -0.25) is 9.88 Å². The van der Waals surface area contributed by atoms with Gasteiger partial charge in [-0.1, -0.05) is 56.3 Å². The van der Waals surface area contributed by atoms with Crippen LogP contribution in [0.3, 0.4) is 0 Å². The van der Waals surface area contributed by atoms with Crippen molar-refractivity contribution in [1.82, 2.24) is 9.88 Å². The molecule has 2 heterocycles. The highest BCUT2D eigenvalue weighted by Gasteiger charge is 2.27. The maximum absolute atomic E-state index is 6.66. The third-order valence-electron chi connectivity index (χ3n) is 8.00. The fourth-order valence-corrected chi connectivity index (χ4v) is 6.00. The van der Waals surface area contributed by atoms with Crippen LogP contribution in [-0.2, 0) is 30.5 Å². The Balaban J connectivity index is 1.53. The number of hydrogen-bond acceptors (Lipinski definition) is 4. The van der Waals surface area contributed by atoms with Crippen molar-refractivity contribution < 1.29 is 9.47 Å². The Bertz CT molecular complexity index is 1180. The van der Waals surface area contributed by atoms with E-state index in [1.807, 2.05) is 0 Å². The van der Waals surface area contributed by atoms with Gasteiger partial charge in [0.2, 0.25) is 0 Å². The number of ether oxygens (including phenoxy) is 2. The second kappa shape index (κ2) is 11.1. The number of nitrogens with zero attached hydrogens (tertiary/aromatic N) is 2. The molecule has 190 valence electrons. The first-order valence-electron chi connectivity index (χ1n) is 13.7. The van der Waals surface area contributed by atoms with Crippen molar-refractivity contribution in [2.45, 2.75) is 78.0 Å². The number of fused-ring (bicyclic) bond motifs is 1. The molecule has 5 rings (SSSR count). The summed E-state index contributed by atoms with van der Waals surface area (Å²) in [5.74, 6) is 0.969. The molecule has 1 fully saturated rings. The molecule has 0 spiro atoms. The van der Waals surface area contributed by atoms with Crippen molar-refractivity contribution in [1.29, 1.82) is 0 Å². The normalized spacial score (nSPS) is 19.5. The number of hydrogen-bond donors (Lipinski definition) is 0. The molecule has 0 bridgehead atoms. The quantitative estimate of drug-likeness (QED) is 0.350. The molecule has 0 N–H and O–H groups in total. The van der Waals surface area contributed by atoms with E-state index in [0.717, 1.165) is 49.6 Å². The van der Waals surface area contributed by atoms with E-state index in [4.69, 9.17) is 14.5 Å². The molecular weight excluding hydrogens is 444 g/mol. The lowest BCUT2D eigenvalue weighted by molar-refractivity contribution is 0.138. The molecule has 1 aromatic heterocycles. The highest BCUT2D eigenvalue weighted by atomic mass is 16.5. The van der Waals surface area contributed by atoms with Crippen LogP contribution in [0, 0.1) is 6.92 Å². The fourth-order valence-electron chi connectivity index (χ4n) is 6.00. The number of benzene rings is 2. The second-order valence-corrected chi connectivity index (χ2v) is 10.4. The first kappa shape index (κ1) is 25.0. The van der Waals surface area contributed by atoms with E-state index in [1.165, 1.54) is 52.6 Å². The van der Waals surface area contributed by atoms with Gasteiger partial charge < -0.3 is 9.47 Å². The average molecular weight is 485 g/mol. The topological polar surface area (TPSA) is 34.6 Å². The van der Waals surface area contributed by atoms with Gasteiger partial charge in [0.1, 0.15) is 11.9 Å². The summed E-state index contributed by atoms with van der Waals surface area (Å²) >= 11 is 0. The molecule has 1 aliphatic heterocycles. The Morgan fingerprint density at radius 2 is 1.81 bits per heavy atom. The van der Waals surface area contributed by atoms with Crippen LogP contribution in [-0.4, -0.2) is 36.2 Å². The van der Waals surface area contributed by atoms with Gasteiger partial charge in [-0.15, -0.1) is 0 Å². The van der Waals surface area contributed by atoms with Gasteiger partial charge in [-0.05, 0) is 68.3 Å². The lowest BCUT2D eigenvalue weighted by Gasteiger charge is -2.34. The van der Waals surface area contributed by atoms with Gasteiger partial charge in [-0.25, -0.2) is 0 Å². The van der Waals surface area contributed by atoms with Crippen molar-refractivity contribution in [2.75, 3.05) is 20.3 Å². The molecule has 4 heteroatoms. The third-order valence-corrected chi connectivity index (χ3v) is 8.00. The highest BCUT2D eigenvalue weighted by molar-refractivity contribution is 5.70. The summed E-state index contributed by atoms with van der Waals surface area (Å²) in [6.07, 6.45) is 6.62. The third kappa shape index (κ3) is 5.07. The summed E-state index contributed by atoms with van der Waals surface area (Å²) in [5.41, 5.74) is 10.2. The lowest BCUT2D eigenvalue weighted by Crippen LogP contribution is -2.28. The molecule has 36 heavy (non-hydrogen) atoms. The summed E-state index contributed by atoms with van der Waals surface area (Å²) in [5, 5.41) is 0. The molecule has 0 unspecified atom stereocenters. The monoisotopic (exact) mass is 484 g/mol. The zero-order valence-corrected chi connectivity index (χ0v) is 22.3. The zero-order valence-electron chi connectivity index (χ0n) is 22.3. The van der Waals surface area contributed by atoms with E-state index in [1.54, 1.807) is 0 Å². The average Bonchev–Trinajstić information content (AvgIpc) is 3.42. The van der Waals surface area contributed by atoms with Gasteiger partial charge in [-0.2, -0.15) is 0 Å². The molecule has 4 nitrogen and oxygen atoms in total. The Kier molecular flexibility index (Phi) is 7.73. The van der Waals surface area contributed by atoms with Gasteiger partial charge >= 0.3 is 0 Å². The molecule has 0 amide bonds. The summed E-state index contributed by atoms with van der Waals surface area (Å²) in [4.78, 5) is 7.70. The van der Waals surface area contributed by atoms with Crippen molar-refractivity contribution in [3.8, 4) is 17.0 Å². The second-order valence-electron chi connectivity index (χ2n) is 10.4. The Hall–Kier alpha value is -2.69. The van der Waals surface area contributed by atoms with Gasteiger partial charge in [0.15, 0.2) is 0 Å². The van der Waals surface area contributed by atoms with Crippen LogP contribution in [0.4, 0.5) is 0 Å². The van der Waals surface area contributed by atoms with E-state index < -0.39 is 0 Å². The van der Waals surface area contributed by atoms with Crippen molar-refractivity contribution in [3.63, 3.8) is 0 Å². The molecule has 2 aromatic carbocycles. The summed E-state index contributed by atoms with van der Waals surface area (Å²) in [6, 6.07) is 18.2. The SMILES string of the molecule is CCc1cccc(CC)c1-c1cc(O[C@H]2CCOC2)c(CN(C)[C@H]2CCCc3ccccc32)c(C)n1. The van der Waals surface area contributed by atoms with Crippen LogP contribution in [0.1, 0.15) is 72.7 Å². The Labute approximate surface area is 216 Å². The van der Waals surface area contributed by atoms with E-state index in [2.05, 4.69) is 81.2 Å². The Morgan fingerprint density at radius 1 is 1.03 bits per heavy atom. The smallest absolute Gasteiger partial charge is 0.128 e. The summed E-state index contributed by atoms with van der Waals surface area (Å²) in [7, 11) is 2.25. The first-order chi connectivity index (χ1) is 17.6. The minimum Gasteiger partial charge on any atom is -0.487 e. The van der Waals surface area contributed by atoms with E-state index in [-0.39, 0.29) is 6.10 Å². The number of pyridine rings is 1. The van der Waals surface area contributed by atoms with E-state index in [9.17, 15) is 0 Å². The molecule has 2 atom stereocenters. The van der Waals surface area contributed by atoms with E-state index >= 15 is 0 Å². The Morgan fingerprint density at radius 3 is 2.53 bits per heavy atom. The van der Waals surface area contributed by atoms with Crippen LogP contribution in [0.15, 0.2) is 48.5 Å². The molecular formula is C32H40N2O2. The standard InChI is InChI=1S/C32H40N2O2/c1-5-23-12-9-13-24(6-2)32(23)29-19-31(36-26-17-18-35-21-26)28(22(3)33-29)20-34(4)30-16-10-14-25-11-7-8-15-27(25)30/h7-9,11-13,15,19,26,30H,5-6,10,14,16-18,20-21H2,1-4H3/t26-,30-/m0/s1. The fraction of sp³-hybridized carbons (Fsp3) is 0.469. The maximum Gasteiger partial charge on any atom is 0.128 e. The predicted octanol–water partition coefficient (Wildman–Crippen LogP) is 6.86. The van der Waals surface area contributed by atoms with Crippen molar-refractivity contribution >= 4 is 0 Å². The maximum atomic E-state index is 6.66. The predicted molar refractivity (Wildman–Crippen MR) is 147 cm³/mol. The molecule has 0 radical (unpaired) electrons. The van der Waals surface area contributed by atoms with Gasteiger partial charge in [0.25, 0.3) is 0 Å². The van der Waals surface area contributed by atoms with Crippen LogP contribution in [0.2, 0.25) is 0 Å². The van der Waals surface area contributed by atoms with E-state index in [0.29, 0.717) is 12.6 Å². The lowest BCUT2D eigenvalue weighted by atomic mass is 9.87. The van der Waals surface area contributed by atoms with Gasteiger partial charge in [0, 0.05) is 41.9 Å². The zero-order chi connectivity index (χ0) is 25.1. The van der Waals surface area contributed by atoms with Gasteiger partial charge in [0.05, 0.1) is 18.9 Å². The minimum absolute atomic E-state index is 0.103. The van der Waals surface area contributed by atoms with Crippen LogP contribution < -0.4 is 4.74 Å². The number of aryl methyl sites for hydroxylation is 4. The summed E-state index contributed by atoms with van der Waals surface area (Å²) in [6.45, 7) is 8.85. The molecule has 1 saturated heterocycles. The highest BCUT2D eigenvalue weighted by Crippen LogP contribution is 2.38. The van der Waals surface area contributed by atoms with Crippen molar-refractivity contribution in [3.05, 3.63) is 82.0 Å². The molecule has 0 saturated carbocycles. The van der Waals surface area contributed by atoms with Crippen molar-refractivity contribution in [2.24, 2.45) is 0 Å². The molecule has 1 aliphatic carbocycles.